The Bertz CT molecular complexity index is 324. The molecular formula is C13H18FN. The zero-order valence-corrected chi connectivity index (χ0v) is 9.17. The molecule has 1 nitrogen and oxygen atoms in total. The Balaban J connectivity index is 2.15. The molecule has 0 bridgehead atoms. The van der Waals surface area contributed by atoms with Crippen LogP contribution in [0.4, 0.5) is 4.39 Å². The van der Waals surface area contributed by atoms with E-state index >= 15 is 0 Å². The Morgan fingerprint density at radius 1 is 1.40 bits per heavy atom. The SMILES string of the molecule is CCNC1CCCC1c1cccc(F)c1. The molecule has 2 rings (SSSR count). The van der Waals surface area contributed by atoms with Gasteiger partial charge in [0, 0.05) is 6.04 Å². The molecule has 1 fully saturated rings. The van der Waals surface area contributed by atoms with Gasteiger partial charge in [-0.1, -0.05) is 25.5 Å². The van der Waals surface area contributed by atoms with E-state index in [2.05, 4.69) is 12.2 Å². The highest BCUT2D eigenvalue weighted by molar-refractivity contribution is 5.23. The third-order valence-corrected chi connectivity index (χ3v) is 3.26. The van der Waals surface area contributed by atoms with Crippen LogP contribution in [-0.2, 0) is 0 Å². The molecule has 0 heterocycles. The van der Waals surface area contributed by atoms with E-state index in [9.17, 15) is 4.39 Å². The Hall–Kier alpha value is -0.890. The lowest BCUT2D eigenvalue weighted by Gasteiger charge is -2.20. The van der Waals surface area contributed by atoms with Gasteiger partial charge in [0.2, 0.25) is 0 Å². The van der Waals surface area contributed by atoms with Gasteiger partial charge in [-0.2, -0.15) is 0 Å². The maximum atomic E-state index is 13.1. The van der Waals surface area contributed by atoms with Crippen LogP contribution in [-0.4, -0.2) is 12.6 Å². The van der Waals surface area contributed by atoms with Crippen molar-refractivity contribution in [2.45, 2.75) is 38.1 Å². The third-order valence-electron chi connectivity index (χ3n) is 3.26. The molecule has 1 aliphatic carbocycles. The lowest BCUT2D eigenvalue weighted by Crippen LogP contribution is -2.30. The molecule has 15 heavy (non-hydrogen) atoms. The lowest BCUT2D eigenvalue weighted by molar-refractivity contribution is 0.490. The van der Waals surface area contributed by atoms with E-state index in [1.165, 1.54) is 25.3 Å². The van der Waals surface area contributed by atoms with Crippen molar-refractivity contribution in [3.63, 3.8) is 0 Å². The minimum atomic E-state index is -0.116. The predicted molar refractivity (Wildman–Crippen MR) is 60.5 cm³/mol. The fraction of sp³-hybridized carbons (Fsp3) is 0.538. The Labute approximate surface area is 90.7 Å². The summed E-state index contributed by atoms with van der Waals surface area (Å²) in [5.41, 5.74) is 1.15. The summed E-state index contributed by atoms with van der Waals surface area (Å²) in [7, 11) is 0. The van der Waals surface area contributed by atoms with Crippen molar-refractivity contribution in [1.82, 2.24) is 5.32 Å². The number of benzene rings is 1. The van der Waals surface area contributed by atoms with Gasteiger partial charge in [-0.15, -0.1) is 0 Å². The molecule has 0 aromatic heterocycles. The molecule has 1 aliphatic rings. The average Bonchev–Trinajstić information content (AvgIpc) is 2.66. The first-order valence-corrected chi connectivity index (χ1v) is 5.80. The standard InChI is InChI=1S/C13H18FN/c1-2-15-13-8-4-7-12(13)10-5-3-6-11(14)9-10/h3,5-6,9,12-13,15H,2,4,7-8H2,1H3. The van der Waals surface area contributed by atoms with Crippen molar-refractivity contribution in [2.24, 2.45) is 0 Å². The summed E-state index contributed by atoms with van der Waals surface area (Å²) in [6.07, 6.45) is 3.65. The van der Waals surface area contributed by atoms with Gasteiger partial charge in [0.25, 0.3) is 0 Å². The molecule has 1 aromatic rings. The molecular weight excluding hydrogens is 189 g/mol. The van der Waals surface area contributed by atoms with Crippen molar-refractivity contribution in [3.8, 4) is 0 Å². The molecule has 1 N–H and O–H groups in total. The molecule has 0 radical (unpaired) electrons. The van der Waals surface area contributed by atoms with Crippen LogP contribution < -0.4 is 5.32 Å². The summed E-state index contributed by atoms with van der Waals surface area (Å²) in [5.74, 6) is 0.385. The van der Waals surface area contributed by atoms with Crippen LogP contribution in [0, 0.1) is 5.82 Å². The maximum Gasteiger partial charge on any atom is 0.123 e. The van der Waals surface area contributed by atoms with Crippen LogP contribution in [0.2, 0.25) is 0 Å². The monoisotopic (exact) mass is 207 g/mol. The molecule has 0 saturated heterocycles. The summed E-state index contributed by atoms with van der Waals surface area (Å²) in [5, 5.41) is 3.49. The average molecular weight is 207 g/mol. The number of rotatable bonds is 3. The molecule has 2 heteroatoms. The highest BCUT2D eigenvalue weighted by Crippen LogP contribution is 2.34. The molecule has 0 spiro atoms. The molecule has 82 valence electrons. The third kappa shape index (κ3) is 2.37. The van der Waals surface area contributed by atoms with E-state index in [-0.39, 0.29) is 5.82 Å². The van der Waals surface area contributed by atoms with E-state index in [0.717, 1.165) is 12.1 Å². The second-order valence-electron chi connectivity index (χ2n) is 4.26. The molecule has 0 amide bonds. The minimum absolute atomic E-state index is 0.116. The molecule has 0 aliphatic heterocycles. The number of nitrogens with one attached hydrogen (secondary N) is 1. The first-order valence-electron chi connectivity index (χ1n) is 5.80. The summed E-state index contributed by atoms with van der Waals surface area (Å²) >= 11 is 0. The van der Waals surface area contributed by atoms with Gasteiger partial charge >= 0.3 is 0 Å². The fourth-order valence-corrected chi connectivity index (χ4v) is 2.60. The van der Waals surface area contributed by atoms with Crippen LogP contribution in [0.5, 0.6) is 0 Å². The predicted octanol–water partition coefficient (Wildman–Crippen LogP) is 3.07. The first kappa shape index (κ1) is 10.6. The van der Waals surface area contributed by atoms with Gasteiger partial charge in [-0.05, 0) is 43.0 Å². The van der Waals surface area contributed by atoms with Crippen LogP contribution >= 0.6 is 0 Å². The lowest BCUT2D eigenvalue weighted by atomic mass is 9.94. The number of likely N-dealkylation sites (N-methyl/N-ethyl adjacent to an activating group) is 1. The number of hydrogen-bond donors (Lipinski definition) is 1. The van der Waals surface area contributed by atoms with Gasteiger partial charge in [0.15, 0.2) is 0 Å². The number of hydrogen-bond acceptors (Lipinski definition) is 1. The van der Waals surface area contributed by atoms with Crippen LogP contribution in [0.1, 0.15) is 37.7 Å². The van der Waals surface area contributed by atoms with Crippen LogP contribution in [0.3, 0.4) is 0 Å². The molecule has 1 aromatic carbocycles. The van der Waals surface area contributed by atoms with E-state index in [4.69, 9.17) is 0 Å². The van der Waals surface area contributed by atoms with Crippen LogP contribution in [0.15, 0.2) is 24.3 Å². The second-order valence-corrected chi connectivity index (χ2v) is 4.26. The summed E-state index contributed by atoms with van der Waals surface area (Å²) in [6.45, 7) is 3.12. The quantitative estimate of drug-likeness (QED) is 0.803. The molecule has 2 unspecified atom stereocenters. The molecule has 1 saturated carbocycles. The summed E-state index contributed by atoms with van der Waals surface area (Å²) < 4.78 is 13.1. The van der Waals surface area contributed by atoms with Gasteiger partial charge in [-0.25, -0.2) is 4.39 Å². The van der Waals surface area contributed by atoms with Gasteiger partial charge in [0.1, 0.15) is 5.82 Å². The van der Waals surface area contributed by atoms with Crippen LogP contribution in [0.25, 0.3) is 0 Å². The van der Waals surface area contributed by atoms with E-state index < -0.39 is 0 Å². The Morgan fingerprint density at radius 3 is 3.00 bits per heavy atom. The van der Waals surface area contributed by atoms with Gasteiger partial charge in [-0.3, -0.25) is 0 Å². The van der Waals surface area contributed by atoms with Crippen molar-refractivity contribution < 1.29 is 4.39 Å². The Morgan fingerprint density at radius 2 is 2.27 bits per heavy atom. The number of halogens is 1. The topological polar surface area (TPSA) is 12.0 Å². The first-order chi connectivity index (χ1) is 7.31. The molecule has 2 atom stereocenters. The normalized spacial score (nSPS) is 25.7. The Kier molecular flexibility index (Phi) is 3.37. The van der Waals surface area contributed by atoms with E-state index in [1.807, 2.05) is 12.1 Å². The summed E-state index contributed by atoms with van der Waals surface area (Å²) in [6, 6.07) is 7.59. The van der Waals surface area contributed by atoms with Crippen molar-refractivity contribution in [1.29, 1.82) is 0 Å². The van der Waals surface area contributed by atoms with E-state index in [0.29, 0.717) is 12.0 Å². The minimum Gasteiger partial charge on any atom is -0.314 e. The maximum absolute atomic E-state index is 13.1. The zero-order chi connectivity index (χ0) is 10.7. The van der Waals surface area contributed by atoms with Crippen molar-refractivity contribution >= 4 is 0 Å². The van der Waals surface area contributed by atoms with Crippen molar-refractivity contribution in [2.75, 3.05) is 6.54 Å². The largest absolute Gasteiger partial charge is 0.314 e. The van der Waals surface area contributed by atoms with Crippen molar-refractivity contribution in [3.05, 3.63) is 35.6 Å². The van der Waals surface area contributed by atoms with Gasteiger partial charge in [0.05, 0.1) is 0 Å². The highest BCUT2D eigenvalue weighted by atomic mass is 19.1. The van der Waals surface area contributed by atoms with Gasteiger partial charge < -0.3 is 5.32 Å². The summed E-state index contributed by atoms with van der Waals surface area (Å²) in [4.78, 5) is 0. The smallest absolute Gasteiger partial charge is 0.123 e. The highest BCUT2D eigenvalue weighted by Gasteiger charge is 2.27. The van der Waals surface area contributed by atoms with E-state index in [1.54, 1.807) is 6.07 Å². The fourth-order valence-electron chi connectivity index (χ4n) is 2.60. The second kappa shape index (κ2) is 4.75. The zero-order valence-electron chi connectivity index (χ0n) is 9.17.